The first-order chi connectivity index (χ1) is 11.5. The number of nitrogens with zero attached hydrogens (tertiary/aromatic N) is 5. The van der Waals surface area contributed by atoms with Crippen molar-refractivity contribution >= 4 is 29.5 Å². The Morgan fingerprint density at radius 3 is 2.58 bits per heavy atom. The third kappa shape index (κ3) is 1.92. The second-order valence-corrected chi connectivity index (χ2v) is 6.19. The number of nitrogens with one attached hydrogen (secondary N) is 1. The van der Waals surface area contributed by atoms with Crippen LogP contribution in [0, 0.1) is 0 Å². The van der Waals surface area contributed by atoms with Crippen LogP contribution in [-0.4, -0.2) is 51.2 Å². The van der Waals surface area contributed by atoms with Gasteiger partial charge in [-0.2, -0.15) is 0 Å². The normalized spacial score (nSPS) is 22.5. The van der Waals surface area contributed by atoms with Crippen LogP contribution >= 0.6 is 11.6 Å². The van der Waals surface area contributed by atoms with Gasteiger partial charge in [-0.25, -0.2) is 4.79 Å². The van der Waals surface area contributed by atoms with Crippen molar-refractivity contribution in [1.82, 2.24) is 25.0 Å². The zero-order valence-electron chi connectivity index (χ0n) is 13.1. The minimum absolute atomic E-state index is 0.322. The quantitative estimate of drug-likeness (QED) is 0.890. The van der Waals surface area contributed by atoms with Crippen molar-refractivity contribution in [1.29, 1.82) is 0 Å². The van der Waals surface area contributed by atoms with Crippen LogP contribution in [0.5, 0.6) is 0 Å². The molecule has 0 radical (unpaired) electrons. The summed E-state index contributed by atoms with van der Waals surface area (Å²) >= 11 is 5.95. The van der Waals surface area contributed by atoms with Crippen LogP contribution in [0.3, 0.4) is 0 Å². The van der Waals surface area contributed by atoms with Gasteiger partial charge < -0.3 is 9.80 Å². The molecule has 2 aliphatic heterocycles. The highest BCUT2D eigenvalue weighted by Crippen LogP contribution is 2.40. The maximum atomic E-state index is 12.4. The number of imide groups is 1. The Kier molecular flexibility index (Phi) is 3.24. The summed E-state index contributed by atoms with van der Waals surface area (Å²) in [6.45, 7) is 2.52. The molecule has 24 heavy (non-hydrogen) atoms. The van der Waals surface area contributed by atoms with E-state index in [0.29, 0.717) is 23.3 Å². The average Bonchev–Trinajstić information content (AvgIpc) is 3.11. The molecule has 0 spiro atoms. The Morgan fingerprint density at radius 1 is 1.21 bits per heavy atom. The van der Waals surface area contributed by atoms with Gasteiger partial charge in [0.05, 0.1) is 0 Å². The molecule has 1 saturated heterocycles. The Morgan fingerprint density at radius 2 is 1.92 bits per heavy atom. The molecule has 3 amide bonds. The summed E-state index contributed by atoms with van der Waals surface area (Å²) in [5.74, 6) is 0.855. The zero-order valence-corrected chi connectivity index (χ0v) is 13.9. The van der Waals surface area contributed by atoms with Gasteiger partial charge in [0.15, 0.2) is 11.9 Å². The maximum absolute atomic E-state index is 12.4. The summed E-state index contributed by atoms with van der Waals surface area (Å²) in [5, 5.41) is 11.5. The van der Waals surface area contributed by atoms with E-state index in [1.54, 1.807) is 19.2 Å². The van der Waals surface area contributed by atoms with Crippen LogP contribution < -0.4 is 10.2 Å². The number of fused-ring (bicyclic) bond motifs is 3. The van der Waals surface area contributed by atoms with Gasteiger partial charge in [-0.05, 0) is 31.2 Å². The summed E-state index contributed by atoms with van der Waals surface area (Å²) in [5.41, 5.74) is 0.821. The molecule has 1 aromatic carbocycles. The van der Waals surface area contributed by atoms with Gasteiger partial charge in [-0.15, -0.1) is 10.2 Å². The van der Waals surface area contributed by atoms with Gasteiger partial charge in [0.1, 0.15) is 6.17 Å². The Balaban J connectivity index is 1.89. The molecule has 1 aromatic heterocycles. The molecular formula is C15H15ClN6O2. The standard InChI is InChI=1S/C15H15ClN6O2/c1-3-21-10-12(23)17-15(24)20(2)13(10)22-11(18-19-14(21)22)8-4-6-9(16)7-5-8/h4-7,10,13H,3H2,1-2H3,(H,17,23,24). The van der Waals surface area contributed by atoms with E-state index in [9.17, 15) is 9.59 Å². The fourth-order valence-corrected chi connectivity index (χ4v) is 3.46. The first kappa shape index (κ1) is 14.9. The summed E-state index contributed by atoms with van der Waals surface area (Å²) in [6.07, 6.45) is -0.484. The lowest BCUT2D eigenvalue weighted by Gasteiger charge is -2.36. The molecule has 0 saturated carbocycles. The minimum atomic E-state index is -0.519. The Labute approximate surface area is 143 Å². The van der Waals surface area contributed by atoms with Gasteiger partial charge >= 0.3 is 6.03 Å². The maximum Gasteiger partial charge on any atom is 0.325 e. The summed E-state index contributed by atoms with van der Waals surface area (Å²) in [7, 11) is 1.66. The number of carbonyl (C=O) groups is 2. The highest BCUT2D eigenvalue weighted by atomic mass is 35.5. The highest BCUT2D eigenvalue weighted by Gasteiger charge is 2.51. The van der Waals surface area contributed by atoms with Crippen LogP contribution in [0.25, 0.3) is 11.4 Å². The van der Waals surface area contributed by atoms with Crippen molar-refractivity contribution in [2.45, 2.75) is 19.1 Å². The van der Waals surface area contributed by atoms with Gasteiger partial charge in [0, 0.05) is 24.2 Å². The number of rotatable bonds is 2. The molecule has 4 rings (SSSR count). The second-order valence-electron chi connectivity index (χ2n) is 5.75. The number of aromatic nitrogens is 3. The van der Waals surface area contributed by atoms with E-state index in [-0.39, 0.29) is 5.91 Å². The number of hydrogen-bond acceptors (Lipinski definition) is 5. The topological polar surface area (TPSA) is 83.4 Å². The fraction of sp³-hybridized carbons (Fsp3) is 0.333. The summed E-state index contributed by atoms with van der Waals surface area (Å²) in [6, 6.07) is 6.27. The number of halogens is 1. The predicted octanol–water partition coefficient (Wildman–Crippen LogP) is 1.49. The van der Waals surface area contributed by atoms with Crippen LogP contribution in [-0.2, 0) is 4.79 Å². The van der Waals surface area contributed by atoms with Gasteiger partial charge in [-0.3, -0.25) is 14.7 Å². The van der Waals surface area contributed by atoms with Gasteiger partial charge in [0.2, 0.25) is 5.95 Å². The van der Waals surface area contributed by atoms with E-state index < -0.39 is 18.2 Å². The lowest BCUT2D eigenvalue weighted by Crippen LogP contribution is -2.61. The van der Waals surface area contributed by atoms with Crippen LogP contribution in [0.4, 0.5) is 10.7 Å². The lowest BCUT2D eigenvalue weighted by molar-refractivity contribution is -0.124. The first-order valence-corrected chi connectivity index (χ1v) is 7.96. The average molecular weight is 347 g/mol. The summed E-state index contributed by atoms with van der Waals surface area (Å²) in [4.78, 5) is 27.8. The van der Waals surface area contributed by atoms with E-state index in [4.69, 9.17) is 11.6 Å². The molecule has 124 valence electrons. The third-order valence-corrected chi connectivity index (χ3v) is 4.73. The number of likely N-dealkylation sites (N-methyl/N-ethyl adjacent to an activating group) is 2. The lowest BCUT2D eigenvalue weighted by atomic mass is 10.1. The van der Waals surface area contributed by atoms with Crippen molar-refractivity contribution in [2.24, 2.45) is 0 Å². The number of benzene rings is 1. The van der Waals surface area contributed by atoms with E-state index in [2.05, 4.69) is 15.5 Å². The van der Waals surface area contributed by atoms with Crippen molar-refractivity contribution in [3.05, 3.63) is 29.3 Å². The SMILES string of the molecule is CCN1c2nnc(-c3ccc(Cl)cc3)n2C2C1C(=O)NC(=O)N2C. The van der Waals surface area contributed by atoms with Crippen LogP contribution in [0.15, 0.2) is 24.3 Å². The monoisotopic (exact) mass is 346 g/mol. The van der Waals surface area contributed by atoms with E-state index in [0.717, 1.165) is 5.56 Å². The third-order valence-electron chi connectivity index (χ3n) is 4.48. The minimum Gasteiger partial charge on any atom is -0.325 e. The van der Waals surface area contributed by atoms with E-state index in [1.807, 2.05) is 28.5 Å². The largest absolute Gasteiger partial charge is 0.325 e. The molecule has 2 atom stereocenters. The Hall–Kier alpha value is -2.61. The zero-order chi connectivity index (χ0) is 17.0. The molecule has 3 heterocycles. The summed E-state index contributed by atoms with van der Waals surface area (Å²) < 4.78 is 1.84. The van der Waals surface area contributed by atoms with Gasteiger partial charge in [-0.1, -0.05) is 11.6 Å². The van der Waals surface area contributed by atoms with Crippen molar-refractivity contribution in [2.75, 3.05) is 18.5 Å². The van der Waals surface area contributed by atoms with Crippen LogP contribution in [0.2, 0.25) is 5.02 Å². The fourth-order valence-electron chi connectivity index (χ4n) is 3.33. The molecule has 2 aliphatic rings. The predicted molar refractivity (Wildman–Crippen MR) is 87.6 cm³/mol. The van der Waals surface area contributed by atoms with Crippen molar-refractivity contribution < 1.29 is 9.59 Å². The molecule has 1 fully saturated rings. The molecule has 9 heteroatoms. The number of urea groups is 1. The number of carbonyl (C=O) groups excluding carboxylic acids is 2. The van der Waals surface area contributed by atoms with Crippen LogP contribution in [0.1, 0.15) is 13.1 Å². The Bertz CT molecular complexity index is 833. The number of hydrogen-bond donors (Lipinski definition) is 1. The van der Waals surface area contributed by atoms with Crippen molar-refractivity contribution in [3.8, 4) is 11.4 Å². The van der Waals surface area contributed by atoms with Gasteiger partial charge in [0.25, 0.3) is 5.91 Å². The molecule has 0 bridgehead atoms. The van der Waals surface area contributed by atoms with Crippen molar-refractivity contribution in [3.63, 3.8) is 0 Å². The second kappa shape index (κ2) is 5.20. The molecular weight excluding hydrogens is 332 g/mol. The molecule has 0 aliphatic carbocycles. The molecule has 1 N–H and O–H groups in total. The molecule has 2 unspecified atom stereocenters. The van der Waals surface area contributed by atoms with E-state index in [1.165, 1.54) is 4.90 Å². The first-order valence-electron chi connectivity index (χ1n) is 7.58. The highest BCUT2D eigenvalue weighted by molar-refractivity contribution is 6.30. The molecule has 2 aromatic rings. The number of anilines is 1. The number of amides is 3. The van der Waals surface area contributed by atoms with E-state index >= 15 is 0 Å². The molecule has 8 nitrogen and oxygen atoms in total. The smallest absolute Gasteiger partial charge is 0.325 e.